The van der Waals surface area contributed by atoms with Crippen LogP contribution in [0.1, 0.15) is 11.8 Å². The van der Waals surface area contributed by atoms with Gasteiger partial charge in [0.15, 0.2) is 12.5 Å². The second kappa shape index (κ2) is 7.28. The van der Waals surface area contributed by atoms with E-state index in [-0.39, 0.29) is 0 Å². The maximum Gasteiger partial charge on any atom is 0.195 e. The van der Waals surface area contributed by atoms with Crippen molar-refractivity contribution in [2.24, 2.45) is 0 Å². The number of aliphatic hydroxyl groups is 4. The van der Waals surface area contributed by atoms with Gasteiger partial charge in [0.2, 0.25) is 0 Å². The van der Waals surface area contributed by atoms with Crippen LogP contribution in [0.3, 0.4) is 0 Å². The highest BCUT2D eigenvalue weighted by molar-refractivity contribution is 5.15. The van der Waals surface area contributed by atoms with Gasteiger partial charge >= 0.3 is 0 Å². The quantitative estimate of drug-likeness (QED) is 0.313. The number of hydrogen-bond acceptors (Lipinski definition) is 6. The molecule has 0 aromatic heterocycles. The predicted molar refractivity (Wildman–Crippen MR) is 71.3 cm³/mol. The molecule has 118 valence electrons. The van der Waals surface area contributed by atoms with E-state index in [4.69, 9.17) is 14.6 Å². The highest BCUT2D eigenvalue weighted by Crippen LogP contribution is 2.24. The normalized spacial score (nSPS) is 34.6. The van der Waals surface area contributed by atoms with Crippen LogP contribution in [0.2, 0.25) is 0 Å². The summed E-state index contributed by atoms with van der Waals surface area (Å²) in [7, 11) is 3.68. The molecule has 1 heterocycles. The molecule has 1 aromatic carbocycles. The van der Waals surface area contributed by atoms with Crippen LogP contribution in [0.5, 0.6) is 0 Å². The summed E-state index contributed by atoms with van der Waals surface area (Å²) in [4.78, 5) is 0. The van der Waals surface area contributed by atoms with Crippen LogP contribution in [0.25, 0.3) is 0 Å². The number of hydrogen-bond donors (Lipinski definition) is 5. The van der Waals surface area contributed by atoms with E-state index in [9.17, 15) is 15.3 Å². The van der Waals surface area contributed by atoms with Crippen molar-refractivity contribution in [3.63, 3.8) is 0 Å². The van der Waals surface area contributed by atoms with E-state index in [0.29, 0.717) is 0 Å². The lowest BCUT2D eigenvalue weighted by Crippen LogP contribution is -2.80. The number of aliphatic hydroxyl groups excluding tert-OH is 4. The van der Waals surface area contributed by atoms with Crippen molar-refractivity contribution >= 4 is 0 Å². The third-order valence-corrected chi connectivity index (χ3v) is 3.47. The Morgan fingerprint density at radius 1 is 1.14 bits per heavy atom. The Bertz CT molecular complexity index is 429. The lowest BCUT2D eigenvalue weighted by atomic mass is 9.99. The molecule has 1 aliphatic heterocycles. The van der Waals surface area contributed by atoms with Gasteiger partial charge in [-0.3, -0.25) is 4.74 Å². The van der Waals surface area contributed by atoms with Crippen LogP contribution in [0, 0.1) is 7.05 Å². The van der Waals surface area contributed by atoms with Crippen molar-refractivity contribution in [2.75, 3.05) is 6.61 Å². The first-order valence-electron chi connectivity index (χ1n) is 6.72. The van der Waals surface area contributed by atoms with Crippen molar-refractivity contribution in [3.05, 3.63) is 42.9 Å². The summed E-state index contributed by atoms with van der Waals surface area (Å²) in [5.41, 5.74) is 0.810. The first kappa shape index (κ1) is 16.3. The molecular weight excluding hydrogens is 278 g/mol. The second-order valence-electron chi connectivity index (χ2n) is 4.90. The Kier molecular flexibility index (Phi) is 5.65. The van der Waals surface area contributed by atoms with E-state index in [1.807, 2.05) is 30.3 Å². The molecule has 0 unspecified atom stereocenters. The maximum atomic E-state index is 9.94. The average Bonchev–Trinajstić information content (AvgIpc) is 2.53. The second-order valence-corrected chi connectivity index (χ2v) is 4.90. The molecule has 7 nitrogen and oxygen atoms in total. The molecule has 21 heavy (non-hydrogen) atoms. The lowest BCUT2D eigenvalue weighted by molar-refractivity contribution is -0.694. The third kappa shape index (κ3) is 3.58. The van der Waals surface area contributed by atoms with E-state index in [0.717, 1.165) is 5.56 Å². The molecule has 0 radical (unpaired) electrons. The molecule has 6 atom stereocenters. The third-order valence-electron chi connectivity index (χ3n) is 3.47. The minimum atomic E-state index is -1.46. The monoisotopic (exact) mass is 299 g/mol. The number of quaternary nitrogens is 1. The first-order valence-corrected chi connectivity index (χ1v) is 6.72. The Morgan fingerprint density at radius 3 is 2.38 bits per heavy atom. The Balaban J connectivity index is 2.09. The largest absolute Gasteiger partial charge is 0.449 e. The fourth-order valence-corrected chi connectivity index (χ4v) is 2.24. The number of benzene rings is 1. The average molecular weight is 299 g/mol. The van der Waals surface area contributed by atoms with Gasteiger partial charge in [-0.25, -0.2) is 0 Å². The maximum absolute atomic E-state index is 9.94. The molecule has 0 bridgehead atoms. The highest BCUT2D eigenvalue weighted by Gasteiger charge is 2.45. The van der Waals surface area contributed by atoms with Crippen LogP contribution < -0.4 is 5.32 Å². The van der Waals surface area contributed by atoms with Crippen LogP contribution in [0.4, 0.5) is 0 Å². The smallest absolute Gasteiger partial charge is 0.195 e. The van der Waals surface area contributed by atoms with Crippen LogP contribution in [0.15, 0.2) is 30.3 Å². The number of nitrogens with two attached hydrogens (primary N) is 1. The molecule has 1 fully saturated rings. The van der Waals surface area contributed by atoms with E-state index in [1.165, 1.54) is 5.32 Å². The standard InChI is InChI=1S/C14H21NO6/c1-15-13(8-5-3-2-4-6-8)21-14-12(19)11(18)10(17)9(7-16)20-14/h2-6,9-14,16-19H,1,7,15H2/t9-,10-,11+,12-,13-,14+/m1/s1. The van der Waals surface area contributed by atoms with Gasteiger partial charge in [0, 0.05) is 5.56 Å². The lowest BCUT2D eigenvalue weighted by Gasteiger charge is -2.40. The van der Waals surface area contributed by atoms with Gasteiger partial charge in [-0.05, 0) is 0 Å². The summed E-state index contributed by atoms with van der Waals surface area (Å²) < 4.78 is 10.9. The summed E-state index contributed by atoms with van der Waals surface area (Å²) in [6.45, 7) is -0.491. The van der Waals surface area contributed by atoms with Gasteiger partial charge < -0.3 is 30.5 Å². The van der Waals surface area contributed by atoms with Crippen molar-refractivity contribution in [2.45, 2.75) is 36.9 Å². The molecule has 0 spiro atoms. The molecule has 0 amide bonds. The first-order chi connectivity index (χ1) is 10.1. The minimum absolute atomic E-state index is 0.491. The Morgan fingerprint density at radius 2 is 1.81 bits per heavy atom. The molecule has 1 aromatic rings. The van der Waals surface area contributed by atoms with Crippen molar-refractivity contribution in [1.82, 2.24) is 0 Å². The summed E-state index contributed by atoms with van der Waals surface area (Å²) in [6, 6.07) is 9.19. The minimum Gasteiger partial charge on any atom is -0.449 e. The molecule has 6 N–H and O–H groups in total. The van der Waals surface area contributed by atoms with Gasteiger partial charge in [0.25, 0.3) is 0 Å². The van der Waals surface area contributed by atoms with E-state index >= 15 is 0 Å². The molecule has 1 saturated heterocycles. The fraction of sp³-hybridized carbons (Fsp3) is 0.500. The highest BCUT2D eigenvalue weighted by atomic mass is 16.7. The van der Waals surface area contributed by atoms with Gasteiger partial charge in [-0.15, -0.1) is 7.05 Å². The van der Waals surface area contributed by atoms with Crippen LogP contribution >= 0.6 is 0 Å². The zero-order chi connectivity index (χ0) is 15.4. The zero-order valence-electron chi connectivity index (χ0n) is 11.4. The molecule has 0 saturated carbocycles. The van der Waals surface area contributed by atoms with E-state index in [2.05, 4.69) is 7.05 Å². The molecule has 1 aliphatic rings. The molecule has 2 rings (SSSR count). The number of ether oxygens (including phenoxy) is 2. The van der Waals surface area contributed by atoms with Gasteiger partial charge in [0.1, 0.15) is 24.4 Å². The topological polar surface area (TPSA) is 116 Å². The number of rotatable bonds is 5. The summed E-state index contributed by atoms with van der Waals surface area (Å²) in [5, 5.41) is 40.1. The van der Waals surface area contributed by atoms with Crippen molar-refractivity contribution in [1.29, 1.82) is 0 Å². The molecule has 7 heteroatoms. The van der Waals surface area contributed by atoms with E-state index in [1.54, 1.807) is 0 Å². The summed E-state index contributed by atoms with van der Waals surface area (Å²) in [6.07, 6.45) is -6.99. The Hall–Kier alpha value is -1.06. The molecular formula is C14H21NO6. The van der Waals surface area contributed by atoms with Crippen LogP contribution in [-0.2, 0) is 9.47 Å². The predicted octanol–water partition coefficient (Wildman–Crippen LogP) is -2.14. The molecule has 0 aliphatic carbocycles. The van der Waals surface area contributed by atoms with Crippen LogP contribution in [-0.4, -0.2) is 57.7 Å². The van der Waals surface area contributed by atoms with E-state index < -0.39 is 43.5 Å². The van der Waals surface area contributed by atoms with Crippen molar-refractivity contribution in [3.8, 4) is 0 Å². The Labute approximate surface area is 122 Å². The van der Waals surface area contributed by atoms with Crippen molar-refractivity contribution < 1.29 is 35.2 Å². The summed E-state index contributed by atoms with van der Waals surface area (Å²) >= 11 is 0. The van der Waals surface area contributed by atoms with Gasteiger partial charge in [-0.1, -0.05) is 30.3 Å². The zero-order valence-corrected chi connectivity index (χ0v) is 11.4. The van der Waals surface area contributed by atoms with Gasteiger partial charge in [-0.2, -0.15) is 0 Å². The SMILES string of the molecule is [CH2-][NH2+][C@H](O[C@@H]1O[C@H](CO)[C@@H](O)[C@H](O)[C@H]1O)c1ccccc1. The fourth-order valence-electron chi connectivity index (χ4n) is 2.24. The van der Waals surface area contributed by atoms with Gasteiger partial charge in [0.05, 0.1) is 6.61 Å². The summed E-state index contributed by atoms with van der Waals surface area (Å²) in [5.74, 6) is 0.